The summed E-state index contributed by atoms with van der Waals surface area (Å²) in [6.07, 6.45) is 8.54. The molecule has 3 heterocycles. The second-order valence-electron chi connectivity index (χ2n) is 3.25. The highest BCUT2D eigenvalue weighted by Gasteiger charge is 2.20. The highest BCUT2D eigenvalue weighted by atomic mass is 31.1. The van der Waals surface area contributed by atoms with Gasteiger partial charge in [0.25, 0.3) is 0 Å². The summed E-state index contributed by atoms with van der Waals surface area (Å²) in [5.41, 5.74) is 0.942. The van der Waals surface area contributed by atoms with Gasteiger partial charge in [-0.25, -0.2) is 0 Å². The fourth-order valence-corrected chi connectivity index (χ4v) is 3.53. The van der Waals surface area contributed by atoms with Gasteiger partial charge in [0.1, 0.15) is 5.50 Å². The number of furan rings is 3. The van der Waals surface area contributed by atoms with Crippen molar-refractivity contribution in [2.75, 3.05) is 0 Å². The molecule has 0 unspecified atom stereocenters. The zero-order chi connectivity index (χ0) is 10.8. The van der Waals surface area contributed by atoms with Gasteiger partial charge in [0, 0.05) is 18.5 Å². The first kappa shape index (κ1) is 9.49. The van der Waals surface area contributed by atoms with E-state index < -0.39 is 7.92 Å². The summed E-state index contributed by atoms with van der Waals surface area (Å²) in [7, 11) is -0.689. The summed E-state index contributed by atoms with van der Waals surface area (Å²) in [6.45, 7) is 0. The summed E-state index contributed by atoms with van der Waals surface area (Å²) in [5, 5.41) is 2.23. The van der Waals surface area contributed by atoms with Gasteiger partial charge in [-0.05, 0) is 24.3 Å². The van der Waals surface area contributed by atoms with Gasteiger partial charge < -0.3 is 13.3 Å². The summed E-state index contributed by atoms with van der Waals surface area (Å²) in [6, 6.07) is 7.79. The maximum absolute atomic E-state index is 5.49. The third kappa shape index (κ3) is 1.59. The first-order valence-corrected chi connectivity index (χ1v) is 6.17. The van der Waals surface area contributed by atoms with Crippen LogP contribution < -0.4 is 16.1 Å². The van der Waals surface area contributed by atoms with Crippen LogP contribution in [-0.4, -0.2) is 0 Å². The van der Waals surface area contributed by atoms with E-state index in [-0.39, 0.29) is 0 Å². The van der Waals surface area contributed by atoms with Crippen LogP contribution in [0.3, 0.4) is 0 Å². The van der Waals surface area contributed by atoms with Crippen molar-refractivity contribution in [3.63, 3.8) is 0 Å². The van der Waals surface area contributed by atoms with Crippen LogP contribution in [0.5, 0.6) is 0 Å². The lowest BCUT2D eigenvalue weighted by Crippen LogP contribution is -2.17. The van der Waals surface area contributed by atoms with Crippen molar-refractivity contribution in [3.8, 4) is 0 Å². The van der Waals surface area contributed by atoms with Crippen molar-refractivity contribution >= 4 is 24.0 Å². The smallest absolute Gasteiger partial charge is 0.134 e. The molecule has 0 aliphatic heterocycles. The molecule has 0 spiro atoms. The zero-order valence-corrected chi connectivity index (χ0v) is 9.26. The van der Waals surface area contributed by atoms with Crippen LogP contribution in [0.25, 0.3) is 0 Å². The van der Waals surface area contributed by atoms with E-state index in [0.29, 0.717) is 0 Å². The van der Waals surface area contributed by atoms with Crippen molar-refractivity contribution in [2.24, 2.45) is 0 Å². The molecular weight excluding hydrogens is 223 g/mol. The highest BCUT2D eigenvalue weighted by Crippen LogP contribution is 2.32. The minimum atomic E-state index is -0.689. The monoisotopic (exact) mass is 232 g/mol. The number of rotatable bonds is 3. The number of hydrogen-bond donors (Lipinski definition) is 0. The SMILES string of the molecule is c1coc(P(c2ccoc2)c2ccoc2)c1. The standard InChI is InChI=1S/C12H9O3P/c1-2-12(15-5-1)16(10-3-6-13-8-10)11-4-7-14-9-11/h1-9H. The Balaban J connectivity index is 2.09. The normalized spacial score (nSPS) is 11.1. The molecular formula is C12H9O3P. The molecule has 0 N–H and O–H groups in total. The Kier molecular flexibility index (Phi) is 2.39. The first-order chi connectivity index (χ1) is 7.95. The predicted octanol–water partition coefficient (Wildman–Crippen LogP) is 2.22. The summed E-state index contributed by atoms with van der Waals surface area (Å²) < 4.78 is 15.8. The third-order valence-corrected chi connectivity index (χ3v) is 4.49. The molecule has 80 valence electrons. The Morgan fingerprint density at radius 3 is 1.94 bits per heavy atom. The average Bonchev–Trinajstić information content (AvgIpc) is 3.02. The van der Waals surface area contributed by atoms with E-state index in [4.69, 9.17) is 13.3 Å². The van der Waals surface area contributed by atoms with Crippen LogP contribution >= 0.6 is 7.92 Å². The second-order valence-corrected chi connectivity index (χ2v) is 5.39. The van der Waals surface area contributed by atoms with Crippen LogP contribution in [0.15, 0.2) is 68.8 Å². The third-order valence-electron chi connectivity index (χ3n) is 2.26. The molecule has 3 aromatic rings. The van der Waals surface area contributed by atoms with Crippen molar-refractivity contribution in [3.05, 3.63) is 55.6 Å². The molecule has 0 saturated heterocycles. The van der Waals surface area contributed by atoms with Gasteiger partial charge in [0.2, 0.25) is 0 Å². The van der Waals surface area contributed by atoms with Crippen molar-refractivity contribution in [2.45, 2.75) is 0 Å². The fraction of sp³-hybridized carbons (Fsp3) is 0. The van der Waals surface area contributed by atoms with E-state index in [1.54, 1.807) is 31.3 Å². The zero-order valence-electron chi connectivity index (χ0n) is 8.37. The maximum Gasteiger partial charge on any atom is 0.134 e. The lowest BCUT2D eigenvalue weighted by molar-refractivity contribution is 0.568. The molecule has 0 aromatic carbocycles. The first-order valence-electron chi connectivity index (χ1n) is 4.83. The molecule has 0 saturated carbocycles. The van der Waals surface area contributed by atoms with Crippen LogP contribution in [-0.2, 0) is 0 Å². The molecule has 0 atom stereocenters. The van der Waals surface area contributed by atoms with E-state index in [1.165, 1.54) is 0 Å². The van der Waals surface area contributed by atoms with Crippen LogP contribution in [0.2, 0.25) is 0 Å². The summed E-state index contributed by atoms with van der Waals surface area (Å²) in [5.74, 6) is 0. The Morgan fingerprint density at radius 2 is 1.50 bits per heavy atom. The van der Waals surface area contributed by atoms with Gasteiger partial charge in [0.05, 0.1) is 31.3 Å². The second kappa shape index (κ2) is 4.03. The minimum absolute atomic E-state index is 0.689. The Hall–Kier alpha value is -1.73. The van der Waals surface area contributed by atoms with Crippen molar-refractivity contribution in [1.29, 1.82) is 0 Å². The predicted molar refractivity (Wildman–Crippen MR) is 61.9 cm³/mol. The average molecular weight is 232 g/mol. The van der Waals surface area contributed by atoms with Crippen molar-refractivity contribution < 1.29 is 13.3 Å². The molecule has 0 radical (unpaired) electrons. The number of hydrogen-bond acceptors (Lipinski definition) is 3. The van der Waals surface area contributed by atoms with E-state index >= 15 is 0 Å². The largest absolute Gasteiger partial charge is 0.472 e. The lowest BCUT2D eigenvalue weighted by atomic mass is 10.6. The molecule has 16 heavy (non-hydrogen) atoms. The quantitative estimate of drug-likeness (QED) is 0.650. The van der Waals surface area contributed by atoms with Crippen LogP contribution in [0.1, 0.15) is 0 Å². The lowest BCUT2D eigenvalue weighted by Gasteiger charge is -2.10. The highest BCUT2D eigenvalue weighted by molar-refractivity contribution is 7.79. The fourth-order valence-electron chi connectivity index (χ4n) is 1.57. The van der Waals surface area contributed by atoms with Crippen LogP contribution in [0, 0.1) is 0 Å². The minimum Gasteiger partial charge on any atom is -0.472 e. The van der Waals surface area contributed by atoms with Gasteiger partial charge in [0.15, 0.2) is 0 Å². The van der Waals surface area contributed by atoms with Gasteiger partial charge in [-0.1, -0.05) is 0 Å². The van der Waals surface area contributed by atoms with E-state index in [1.807, 2.05) is 24.3 Å². The Morgan fingerprint density at radius 1 is 0.812 bits per heavy atom. The summed E-state index contributed by atoms with van der Waals surface area (Å²) in [4.78, 5) is 0. The topological polar surface area (TPSA) is 39.4 Å². The molecule has 0 aliphatic carbocycles. The van der Waals surface area contributed by atoms with E-state index in [2.05, 4.69) is 0 Å². The molecule has 3 rings (SSSR count). The molecule has 0 aliphatic rings. The maximum atomic E-state index is 5.49. The molecule has 3 nitrogen and oxygen atoms in total. The van der Waals surface area contributed by atoms with Gasteiger partial charge in [-0.15, -0.1) is 0 Å². The van der Waals surface area contributed by atoms with Gasteiger partial charge in [-0.2, -0.15) is 0 Å². The molecule has 0 fully saturated rings. The van der Waals surface area contributed by atoms with Gasteiger partial charge in [-0.3, -0.25) is 0 Å². The molecule has 0 amide bonds. The van der Waals surface area contributed by atoms with E-state index in [0.717, 1.165) is 16.1 Å². The Bertz CT molecular complexity index is 441. The van der Waals surface area contributed by atoms with Gasteiger partial charge >= 0.3 is 0 Å². The molecule has 3 aromatic heterocycles. The molecule has 4 heteroatoms. The van der Waals surface area contributed by atoms with E-state index in [9.17, 15) is 0 Å². The van der Waals surface area contributed by atoms with Crippen LogP contribution in [0.4, 0.5) is 0 Å². The molecule has 0 bridgehead atoms. The Labute approximate surface area is 93.4 Å². The van der Waals surface area contributed by atoms with Crippen molar-refractivity contribution in [1.82, 2.24) is 0 Å². The summed E-state index contributed by atoms with van der Waals surface area (Å²) >= 11 is 0.